The van der Waals surface area contributed by atoms with Crippen LogP contribution in [0.25, 0.3) is 0 Å². The molecule has 118 valence electrons. The summed E-state index contributed by atoms with van der Waals surface area (Å²) >= 11 is 0. The molecule has 0 spiro atoms. The van der Waals surface area contributed by atoms with Crippen LogP contribution in [-0.4, -0.2) is 34.1 Å². The van der Waals surface area contributed by atoms with Crippen molar-refractivity contribution in [2.75, 3.05) is 25.7 Å². The molecule has 1 aromatic rings. The fourth-order valence-corrected chi connectivity index (χ4v) is 5.08. The van der Waals surface area contributed by atoms with E-state index in [4.69, 9.17) is 4.74 Å². The van der Waals surface area contributed by atoms with E-state index in [2.05, 4.69) is 24.4 Å². The molecule has 1 N–H and O–H groups in total. The minimum Gasteiger partial charge on any atom is -0.496 e. The van der Waals surface area contributed by atoms with Gasteiger partial charge in [0.05, 0.1) is 18.6 Å². The molecule has 1 heterocycles. The molecule has 2 unspecified atom stereocenters. The Balaban J connectivity index is 2.20. The van der Waals surface area contributed by atoms with Gasteiger partial charge in [-0.15, -0.1) is 0 Å². The van der Waals surface area contributed by atoms with Gasteiger partial charge in [-0.3, -0.25) is 0 Å². The summed E-state index contributed by atoms with van der Waals surface area (Å²) < 4.78 is 28.6. The maximum absolute atomic E-state index is 11.6. The van der Waals surface area contributed by atoms with Crippen LogP contribution in [0, 0.1) is 19.8 Å². The largest absolute Gasteiger partial charge is 0.496 e. The molecule has 0 bridgehead atoms. The van der Waals surface area contributed by atoms with Crippen molar-refractivity contribution in [1.82, 2.24) is 5.32 Å². The lowest BCUT2D eigenvalue weighted by atomic mass is 9.90. The van der Waals surface area contributed by atoms with Crippen molar-refractivity contribution in [3.63, 3.8) is 0 Å². The van der Waals surface area contributed by atoms with Crippen molar-refractivity contribution in [3.8, 4) is 5.75 Å². The van der Waals surface area contributed by atoms with Crippen molar-refractivity contribution < 1.29 is 13.2 Å². The molecule has 0 amide bonds. The molecule has 0 saturated carbocycles. The Morgan fingerprint density at radius 1 is 1.33 bits per heavy atom. The zero-order chi connectivity index (χ0) is 15.6. The van der Waals surface area contributed by atoms with Gasteiger partial charge in [0, 0.05) is 6.04 Å². The molecule has 5 heteroatoms. The van der Waals surface area contributed by atoms with E-state index in [9.17, 15) is 8.42 Å². The van der Waals surface area contributed by atoms with E-state index in [0.717, 1.165) is 24.2 Å². The average molecular weight is 311 g/mol. The van der Waals surface area contributed by atoms with Crippen molar-refractivity contribution in [1.29, 1.82) is 0 Å². The first-order valence-corrected chi connectivity index (χ1v) is 9.21. The SMILES string of the molecule is CNC(CC1CCS(=O)(=O)C1)c1cc(C)c(OC)cc1C. The molecule has 2 rings (SSSR count). The fraction of sp³-hybridized carbons (Fsp3) is 0.625. The molecular weight excluding hydrogens is 286 g/mol. The van der Waals surface area contributed by atoms with Gasteiger partial charge in [0.2, 0.25) is 0 Å². The Morgan fingerprint density at radius 3 is 2.57 bits per heavy atom. The summed E-state index contributed by atoms with van der Waals surface area (Å²) in [5, 5.41) is 3.34. The maximum Gasteiger partial charge on any atom is 0.150 e. The molecule has 1 saturated heterocycles. The smallest absolute Gasteiger partial charge is 0.150 e. The van der Waals surface area contributed by atoms with Crippen LogP contribution in [0.2, 0.25) is 0 Å². The van der Waals surface area contributed by atoms with Crippen LogP contribution in [0.1, 0.15) is 35.6 Å². The first-order valence-electron chi connectivity index (χ1n) is 7.39. The van der Waals surface area contributed by atoms with Crippen LogP contribution in [0.4, 0.5) is 0 Å². The maximum atomic E-state index is 11.6. The molecule has 1 fully saturated rings. The zero-order valence-corrected chi connectivity index (χ0v) is 14.1. The standard InChI is InChI=1S/C16H25NO3S/c1-11-8-16(20-4)12(2)7-14(11)15(17-3)9-13-5-6-21(18,19)10-13/h7-8,13,15,17H,5-6,9-10H2,1-4H3. The summed E-state index contributed by atoms with van der Waals surface area (Å²) in [5.41, 5.74) is 3.52. The highest BCUT2D eigenvalue weighted by atomic mass is 32.2. The van der Waals surface area contributed by atoms with E-state index < -0.39 is 9.84 Å². The van der Waals surface area contributed by atoms with Gasteiger partial charge in [-0.05, 0) is 62.4 Å². The van der Waals surface area contributed by atoms with Crippen molar-refractivity contribution in [2.24, 2.45) is 5.92 Å². The predicted octanol–water partition coefficient (Wildman–Crippen LogP) is 2.40. The second-order valence-electron chi connectivity index (χ2n) is 6.02. The second kappa shape index (κ2) is 6.36. The van der Waals surface area contributed by atoms with Gasteiger partial charge in [-0.1, -0.05) is 6.07 Å². The molecular formula is C16H25NO3S. The van der Waals surface area contributed by atoms with Crippen molar-refractivity contribution >= 4 is 9.84 Å². The van der Waals surface area contributed by atoms with Gasteiger partial charge in [0.1, 0.15) is 5.75 Å². The van der Waals surface area contributed by atoms with Crippen molar-refractivity contribution in [3.05, 3.63) is 28.8 Å². The van der Waals surface area contributed by atoms with Gasteiger partial charge in [0.25, 0.3) is 0 Å². The summed E-state index contributed by atoms with van der Waals surface area (Å²) in [7, 11) is 0.810. The normalized spacial score (nSPS) is 22.2. The number of methoxy groups -OCH3 is 1. The Labute approximate surface area is 127 Å². The Bertz CT molecular complexity index is 610. The molecule has 1 aromatic carbocycles. The third-order valence-electron chi connectivity index (χ3n) is 4.40. The Morgan fingerprint density at radius 2 is 2.05 bits per heavy atom. The first kappa shape index (κ1) is 16.3. The number of hydrogen-bond donors (Lipinski definition) is 1. The van der Waals surface area contributed by atoms with E-state index in [1.807, 2.05) is 14.0 Å². The molecule has 1 aliphatic heterocycles. The van der Waals surface area contributed by atoms with Gasteiger partial charge in [0.15, 0.2) is 9.84 Å². The van der Waals surface area contributed by atoms with Gasteiger partial charge in [-0.25, -0.2) is 8.42 Å². The summed E-state index contributed by atoms with van der Waals surface area (Å²) in [6.45, 7) is 4.11. The number of hydrogen-bond acceptors (Lipinski definition) is 4. The minimum atomic E-state index is -2.81. The van der Waals surface area contributed by atoms with Crippen LogP contribution in [-0.2, 0) is 9.84 Å². The highest BCUT2D eigenvalue weighted by molar-refractivity contribution is 7.91. The van der Waals surface area contributed by atoms with E-state index >= 15 is 0 Å². The number of rotatable bonds is 5. The van der Waals surface area contributed by atoms with Crippen LogP contribution in [0.15, 0.2) is 12.1 Å². The Hall–Kier alpha value is -1.07. The molecule has 1 aliphatic rings. The predicted molar refractivity (Wildman–Crippen MR) is 85.6 cm³/mol. The first-order chi connectivity index (χ1) is 9.86. The van der Waals surface area contributed by atoms with E-state index in [1.54, 1.807) is 7.11 Å². The van der Waals surface area contributed by atoms with Gasteiger partial charge < -0.3 is 10.1 Å². The molecule has 2 atom stereocenters. The average Bonchev–Trinajstić information content (AvgIpc) is 2.77. The van der Waals surface area contributed by atoms with E-state index in [-0.39, 0.29) is 12.0 Å². The monoisotopic (exact) mass is 311 g/mol. The van der Waals surface area contributed by atoms with E-state index in [0.29, 0.717) is 11.5 Å². The van der Waals surface area contributed by atoms with E-state index in [1.165, 1.54) is 11.1 Å². The lowest BCUT2D eigenvalue weighted by molar-refractivity contribution is 0.409. The summed E-state index contributed by atoms with van der Waals surface area (Å²) in [6, 6.07) is 4.40. The number of aryl methyl sites for hydroxylation is 2. The van der Waals surface area contributed by atoms with Crippen LogP contribution >= 0.6 is 0 Å². The second-order valence-corrected chi connectivity index (χ2v) is 8.25. The summed E-state index contributed by atoms with van der Waals surface area (Å²) in [6.07, 6.45) is 1.65. The summed E-state index contributed by atoms with van der Waals surface area (Å²) in [5.74, 6) is 1.83. The Kier molecular flexibility index (Phi) is 4.94. The topological polar surface area (TPSA) is 55.4 Å². The highest BCUT2D eigenvalue weighted by Gasteiger charge is 2.30. The quantitative estimate of drug-likeness (QED) is 0.907. The lowest BCUT2D eigenvalue weighted by Crippen LogP contribution is -2.21. The van der Waals surface area contributed by atoms with Crippen LogP contribution in [0.3, 0.4) is 0 Å². The third-order valence-corrected chi connectivity index (χ3v) is 6.24. The van der Waals surface area contributed by atoms with Crippen molar-refractivity contribution in [2.45, 2.75) is 32.7 Å². The molecule has 0 aromatic heterocycles. The number of nitrogens with one attached hydrogen (secondary N) is 1. The van der Waals surface area contributed by atoms with Crippen LogP contribution in [0.5, 0.6) is 5.75 Å². The third kappa shape index (κ3) is 3.77. The summed E-state index contributed by atoms with van der Waals surface area (Å²) in [4.78, 5) is 0. The zero-order valence-electron chi connectivity index (χ0n) is 13.3. The van der Waals surface area contributed by atoms with Crippen LogP contribution < -0.4 is 10.1 Å². The fourth-order valence-electron chi connectivity index (χ4n) is 3.20. The molecule has 0 aliphatic carbocycles. The molecule has 0 radical (unpaired) electrons. The van der Waals surface area contributed by atoms with Gasteiger partial charge >= 0.3 is 0 Å². The minimum absolute atomic E-state index is 0.188. The lowest BCUT2D eigenvalue weighted by Gasteiger charge is -2.23. The highest BCUT2D eigenvalue weighted by Crippen LogP contribution is 2.32. The number of ether oxygens (including phenoxy) is 1. The van der Waals surface area contributed by atoms with Gasteiger partial charge in [-0.2, -0.15) is 0 Å². The molecule has 21 heavy (non-hydrogen) atoms. The molecule has 4 nitrogen and oxygen atoms in total. The number of sulfone groups is 1. The number of benzene rings is 1.